The molecule has 0 spiro atoms. The highest BCUT2D eigenvalue weighted by atomic mass is 19.4. The smallest absolute Gasteiger partial charge is 0.393 e. The standard InChI is InChI=1S/C45H71F3N4O5/c1-2-37(30-8-4-3-5-9-30)42(31-11-16-35(53)17-12-31)32-13-18-36(19-14-32)57-40(45(46,47)48)10-6-7-23-50-24-26-51(27-25-50)34-15-20-38-33(28-34)29-52(44(38)56)39-21-22-41(54)49-43(39)55/h30-36,38-40,53H,2-29H2,1H3,(H,49,54,55)/b42-37-. The van der Waals surface area contributed by atoms with Gasteiger partial charge in [-0.15, -0.1) is 0 Å². The zero-order chi connectivity index (χ0) is 40.1. The summed E-state index contributed by atoms with van der Waals surface area (Å²) in [5.41, 5.74) is 3.29. The van der Waals surface area contributed by atoms with Crippen LogP contribution in [0.15, 0.2) is 11.1 Å². The van der Waals surface area contributed by atoms with Crippen LogP contribution >= 0.6 is 0 Å². The normalized spacial score (nSPS) is 35.2. The predicted molar refractivity (Wildman–Crippen MR) is 213 cm³/mol. The first-order chi connectivity index (χ1) is 27.5. The van der Waals surface area contributed by atoms with Gasteiger partial charge in [0.2, 0.25) is 17.7 Å². The van der Waals surface area contributed by atoms with Gasteiger partial charge in [-0.1, -0.05) is 37.3 Å². The van der Waals surface area contributed by atoms with Crippen molar-refractivity contribution in [1.29, 1.82) is 0 Å². The van der Waals surface area contributed by atoms with Crippen LogP contribution in [-0.4, -0.2) is 113 Å². The number of ether oxygens (including phenoxy) is 1. The van der Waals surface area contributed by atoms with Gasteiger partial charge < -0.3 is 19.6 Å². The summed E-state index contributed by atoms with van der Waals surface area (Å²) in [7, 11) is 0. The van der Waals surface area contributed by atoms with Crippen molar-refractivity contribution in [3.8, 4) is 0 Å². The van der Waals surface area contributed by atoms with Crippen molar-refractivity contribution in [2.45, 2.75) is 185 Å². The van der Waals surface area contributed by atoms with E-state index in [1.165, 1.54) is 32.1 Å². The number of aliphatic hydroxyl groups excluding tert-OH is 1. The van der Waals surface area contributed by atoms with E-state index < -0.39 is 18.3 Å². The number of piperidine rings is 1. The molecule has 0 radical (unpaired) electrons. The molecule has 0 aromatic carbocycles. The van der Waals surface area contributed by atoms with Gasteiger partial charge in [-0.2, -0.15) is 13.2 Å². The Balaban J connectivity index is 0.835. The maximum atomic E-state index is 14.3. The molecule has 12 heteroatoms. The van der Waals surface area contributed by atoms with Gasteiger partial charge in [0.1, 0.15) is 6.04 Å². The lowest BCUT2D eigenvalue weighted by Gasteiger charge is -2.42. The minimum atomic E-state index is -4.37. The molecule has 3 amide bonds. The number of carbonyl (C=O) groups is 3. The van der Waals surface area contributed by atoms with E-state index in [1.807, 2.05) is 0 Å². The van der Waals surface area contributed by atoms with E-state index in [9.17, 15) is 32.7 Å². The van der Waals surface area contributed by atoms with Crippen LogP contribution in [0.1, 0.15) is 148 Å². The molecule has 2 N–H and O–H groups in total. The Morgan fingerprint density at radius 2 is 1.51 bits per heavy atom. The van der Waals surface area contributed by atoms with Gasteiger partial charge in [0.15, 0.2) is 6.10 Å². The number of likely N-dealkylation sites (tertiary alicyclic amines) is 1. The molecule has 9 nitrogen and oxygen atoms in total. The summed E-state index contributed by atoms with van der Waals surface area (Å²) in [4.78, 5) is 44.0. The molecule has 5 unspecified atom stereocenters. The van der Waals surface area contributed by atoms with E-state index in [4.69, 9.17) is 4.74 Å². The molecular weight excluding hydrogens is 734 g/mol. The molecule has 0 aromatic heterocycles. The van der Waals surface area contributed by atoms with Crippen molar-refractivity contribution >= 4 is 17.7 Å². The molecule has 322 valence electrons. The largest absolute Gasteiger partial charge is 0.414 e. The number of aliphatic hydroxyl groups is 1. The third-order valence-corrected chi connectivity index (χ3v) is 15.5. The van der Waals surface area contributed by atoms with Gasteiger partial charge in [-0.25, -0.2) is 0 Å². The Morgan fingerprint density at radius 1 is 0.825 bits per heavy atom. The highest BCUT2D eigenvalue weighted by Gasteiger charge is 2.49. The van der Waals surface area contributed by atoms with Gasteiger partial charge in [0.25, 0.3) is 0 Å². The van der Waals surface area contributed by atoms with E-state index in [1.54, 1.807) is 16.0 Å². The lowest BCUT2D eigenvalue weighted by Crippen LogP contribution is -2.53. The molecular formula is C45H71F3N4O5. The Kier molecular flexibility index (Phi) is 14.8. The van der Waals surface area contributed by atoms with E-state index in [0.717, 1.165) is 103 Å². The van der Waals surface area contributed by atoms with Crippen LogP contribution in [0.2, 0.25) is 0 Å². The molecule has 7 aliphatic rings. The molecule has 57 heavy (non-hydrogen) atoms. The summed E-state index contributed by atoms with van der Waals surface area (Å²) >= 11 is 0. The molecule has 4 aliphatic carbocycles. The third kappa shape index (κ3) is 10.7. The average Bonchev–Trinajstić information content (AvgIpc) is 3.53. The van der Waals surface area contributed by atoms with Crippen molar-refractivity contribution in [3.63, 3.8) is 0 Å². The molecule has 3 heterocycles. The maximum Gasteiger partial charge on any atom is 0.414 e. The van der Waals surface area contributed by atoms with Gasteiger partial charge in [-0.3, -0.25) is 24.6 Å². The Bertz CT molecular complexity index is 1400. The van der Waals surface area contributed by atoms with Gasteiger partial charge >= 0.3 is 6.18 Å². The third-order valence-electron chi connectivity index (χ3n) is 15.5. The first-order valence-corrected chi connectivity index (χ1v) is 23.2. The van der Waals surface area contributed by atoms with E-state index in [0.29, 0.717) is 56.0 Å². The summed E-state index contributed by atoms with van der Waals surface area (Å²) in [5, 5.41) is 12.7. The number of alkyl halides is 3. The van der Waals surface area contributed by atoms with Gasteiger partial charge in [0.05, 0.1) is 12.2 Å². The number of nitrogens with zero attached hydrogens (tertiary/aromatic N) is 3. The van der Waals surface area contributed by atoms with Crippen LogP contribution in [0.4, 0.5) is 13.2 Å². The number of hydrogen-bond acceptors (Lipinski definition) is 7. The number of nitrogens with one attached hydrogen (secondary N) is 1. The monoisotopic (exact) mass is 805 g/mol. The summed E-state index contributed by atoms with van der Waals surface area (Å²) in [5.74, 6) is 1.25. The molecule has 0 aromatic rings. The summed E-state index contributed by atoms with van der Waals surface area (Å²) < 4.78 is 49.0. The molecule has 4 saturated carbocycles. The molecule has 3 saturated heterocycles. The number of imide groups is 1. The molecule has 3 aliphatic heterocycles. The zero-order valence-electron chi connectivity index (χ0n) is 34.6. The lowest BCUT2D eigenvalue weighted by molar-refractivity contribution is -0.238. The fourth-order valence-corrected chi connectivity index (χ4v) is 12.4. The quantitative estimate of drug-likeness (QED) is 0.113. The number of unbranched alkanes of at least 4 members (excludes halogenated alkanes) is 1. The number of fused-ring (bicyclic) bond motifs is 1. The summed E-state index contributed by atoms with van der Waals surface area (Å²) in [6.45, 7) is 7.31. The summed E-state index contributed by atoms with van der Waals surface area (Å²) in [6.07, 6.45) is 12.5. The van der Waals surface area contributed by atoms with Crippen LogP contribution in [0.25, 0.3) is 0 Å². The average molecular weight is 805 g/mol. The number of carbonyl (C=O) groups excluding carboxylic acids is 3. The van der Waals surface area contributed by atoms with Crippen molar-refractivity contribution in [2.24, 2.45) is 29.6 Å². The second-order valence-electron chi connectivity index (χ2n) is 19.0. The van der Waals surface area contributed by atoms with Crippen LogP contribution in [-0.2, 0) is 19.1 Å². The van der Waals surface area contributed by atoms with Gasteiger partial charge in [0, 0.05) is 51.1 Å². The highest BCUT2D eigenvalue weighted by Crippen LogP contribution is 2.47. The van der Waals surface area contributed by atoms with Crippen LogP contribution in [0, 0.1) is 29.6 Å². The van der Waals surface area contributed by atoms with Crippen LogP contribution < -0.4 is 5.32 Å². The second kappa shape index (κ2) is 19.6. The molecule has 5 atom stereocenters. The highest BCUT2D eigenvalue weighted by molar-refractivity contribution is 6.02. The minimum absolute atomic E-state index is 0.0137. The molecule has 7 rings (SSSR count). The zero-order valence-corrected chi connectivity index (χ0v) is 34.6. The second-order valence-corrected chi connectivity index (χ2v) is 19.0. The number of halogens is 3. The topological polar surface area (TPSA) is 102 Å². The Labute approximate surface area is 339 Å². The fraction of sp³-hybridized carbons (Fsp3) is 0.889. The van der Waals surface area contributed by atoms with Crippen molar-refractivity contribution in [1.82, 2.24) is 20.0 Å². The SMILES string of the molecule is CC/C(=C(\C1CCC(O)CC1)C1CCC(OC(CCCCN2CCN(C3CCC4C(=O)N(C5CCC(=O)NC5=O)CC4C3)CC2)C(F)(F)F)CC1)C1CCCCC1. The van der Waals surface area contributed by atoms with Crippen molar-refractivity contribution < 1.29 is 37.4 Å². The fourth-order valence-electron chi connectivity index (χ4n) is 12.4. The van der Waals surface area contributed by atoms with Gasteiger partial charge in [-0.05, 0) is 146 Å². The lowest BCUT2D eigenvalue weighted by atomic mass is 9.68. The first kappa shape index (κ1) is 43.1. The van der Waals surface area contributed by atoms with E-state index in [-0.39, 0.29) is 54.6 Å². The predicted octanol–water partition coefficient (Wildman–Crippen LogP) is 7.55. The Morgan fingerprint density at radius 3 is 2.16 bits per heavy atom. The first-order valence-electron chi connectivity index (χ1n) is 23.2. The number of piperazine rings is 1. The maximum absolute atomic E-state index is 14.3. The number of hydrogen-bond donors (Lipinski definition) is 2. The van der Waals surface area contributed by atoms with E-state index >= 15 is 0 Å². The van der Waals surface area contributed by atoms with Crippen LogP contribution in [0.5, 0.6) is 0 Å². The van der Waals surface area contributed by atoms with Crippen molar-refractivity contribution in [2.75, 3.05) is 39.3 Å². The summed E-state index contributed by atoms with van der Waals surface area (Å²) in [6, 6.07) is -0.137. The van der Waals surface area contributed by atoms with Crippen molar-refractivity contribution in [3.05, 3.63) is 11.1 Å². The van der Waals surface area contributed by atoms with Crippen LogP contribution in [0.3, 0.4) is 0 Å². The van der Waals surface area contributed by atoms with E-state index in [2.05, 4.69) is 22.0 Å². The Hall–Kier alpha value is -2.02. The number of amides is 3. The molecule has 7 fully saturated rings. The number of allylic oxidation sites excluding steroid dienone is 2. The number of rotatable bonds is 13. The molecule has 0 bridgehead atoms. The minimum Gasteiger partial charge on any atom is -0.393 e.